The van der Waals surface area contributed by atoms with Crippen molar-refractivity contribution in [3.05, 3.63) is 29.8 Å². The molecule has 5 heteroatoms. The van der Waals surface area contributed by atoms with Crippen LogP contribution in [0.4, 0.5) is 14.5 Å². The fourth-order valence-corrected chi connectivity index (χ4v) is 2.22. The highest BCUT2D eigenvalue weighted by Crippen LogP contribution is 2.25. The molecule has 0 spiro atoms. The molecule has 0 saturated carbocycles. The van der Waals surface area contributed by atoms with Crippen molar-refractivity contribution >= 4 is 11.6 Å². The summed E-state index contributed by atoms with van der Waals surface area (Å²) in [6.45, 7) is 4.34. The summed E-state index contributed by atoms with van der Waals surface area (Å²) in [5, 5.41) is 3.23. The number of anilines is 1. The molecule has 1 aromatic rings. The molecule has 0 aliphatic carbocycles. The number of hydrogen-bond donors (Lipinski definition) is 1. The molecule has 1 N–H and O–H groups in total. The number of carbonyl (C=O) groups excluding carboxylic acids is 1. The molecule has 98 valence electrons. The minimum absolute atomic E-state index is 0.0137. The van der Waals surface area contributed by atoms with Crippen molar-refractivity contribution < 1.29 is 13.6 Å². The molecule has 0 bridgehead atoms. The summed E-state index contributed by atoms with van der Waals surface area (Å²) in [4.78, 5) is 13.1. The van der Waals surface area contributed by atoms with Gasteiger partial charge in [0.2, 0.25) is 5.91 Å². The topological polar surface area (TPSA) is 32.3 Å². The number of amides is 1. The van der Waals surface area contributed by atoms with Crippen LogP contribution in [-0.2, 0) is 4.79 Å². The van der Waals surface area contributed by atoms with E-state index in [1.807, 2.05) is 13.8 Å². The van der Waals surface area contributed by atoms with E-state index in [0.717, 1.165) is 18.2 Å². The van der Waals surface area contributed by atoms with E-state index in [0.29, 0.717) is 13.0 Å². The fraction of sp³-hybridized carbons (Fsp3) is 0.462. The van der Waals surface area contributed by atoms with Crippen LogP contribution >= 0.6 is 0 Å². The van der Waals surface area contributed by atoms with Gasteiger partial charge in [0.1, 0.15) is 11.6 Å². The van der Waals surface area contributed by atoms with Crippen LogP contribution in [0.15, 0.2) is 18.2 Å². The summed E-state index contributed by atoms with van der Waals surface area (Å²) in [6, 6.07) is 3.38. The molecule has 0 radical (unpaired) electrons. The summed E-state index contributed by atoms with van der Waals surface area (Å²) in [6.07, 6.45) is 0.314. The summed E-state index contributed by atoms with van der Waals surface area (Å²) in [5.41, 5.74) is 0.0213. The smallest absolute Gasteiger partial charge is 0.228 e. The first-order valence-corrected chi connectivity index (χ1v) is 5.99. The van der Waals surface area contributed by atoms with E-state index in [1.165, 1.54) is 4.90 Å². The third kappa shape index (κ3) is 2.67. The lowest BCUT2D eigenvalue weighted by molar-refractivity contribution is -0.117. The summed E-state index contributed by atoms with van der Waals surface area (Å²) >= 11 is 0. The van der Waals surface area contributed by atoms with E-state index in [4.69, 9.17) is 0 Å². The van der Waals surface area contributed by atoms with Gasteiger partial charge in [0.25, 0.3) is 0 Å². The maximum absolute atomic E-state index is 13.6. The highest BCUT2D eigenvalue weighted by atomic mass is 19.1. The maximum Gasteiger partial charge on any atom is 0.228 e. The summed E-state index contributed by atoms with van der Waals surface area (Å²) < 4.78 is 26.7. The highest BCUT2D eigenvalue weighted by Gasteiger charge is 2.32. The van der Waals surface area contributed by atoms with Crippen LogP contribution in [0.1, 0.15) is 20.3 Å². The average molecular weight is 254 g/mol. The second-order valence-electron chi connectivity index (χ2n) is 4.82. The Morgan fingerprint density at radius 3 is 2.78 bits per heavy atom. The zero-order valence-electron chi connectivity index (χ0n) is 10.4. The van der Waals surface area contributed by atoms with Gasteiger partial charge in [-0.3, -0.25) is 4.79 Å². The van der Waals surface area contributed by atoms with Crippen molar-refractivity contribution in [3.63, 3.8) is 0 Å². The van der Waals surface area contributed by atoms with Gasteiger partial charge in [-0.2, -0.15) is 0 Å². The van der Waals surface area contributed by atoms with Crippen molar-refractivity contribution in [1.82, 2.24) is 5.32 Å². The second-order valence-corrected chi connectivity index (χ2v) is 4.82. The van der Waals surface area contributed by atoms with Crippen molar-refractivity contribution in [1.29, 1.82) is 0 Å². The lowest BCUT2D eigenvalue weighted by Crippen LogP contribution is -2.37. The molecule has 2 rings (SSSR count). The van der Waals surface area contributed by atoms with Crippen LogP contribution in [-0.4, -0.2) is 24.5 Å². The predicted octanol–water partition coefficient (Wildman–Crippen LogP) is 2.07. The largest absolute Gasteiger partial charge is 0.309 e. The minimum atomic E-state index is -0.574. The molecule has 1 aliphatic heterocycles. The highest BCUT2D eigenvalue weighted by molar-refractivity contribution is 5.96. The van der Waals surface area contributed by atoms with Gasteiger partial charge >= 0.3 is 0 Å². The van der Waals surface area contributed by atoms with Crippen molar-refractivity contribution in [3.8, 4) is 0 Å². The zero-order valence-corrected chi connectivity index (χ0v) is 10.4. The fourth-order valence-electron chi connectivity index (χ4n) is 2.22. The molecule has 18 heavy (non-hydrogen) atoms. The number of halogens is 2. The van der Waals surface area contributed by atoms with Gasteiger partial charge in [0.05, 0.1) is 5.69 Å². The molecule has 0 aromatic heterocycles. The normalized spacial score (nSPS) is 19.9. The Balaban J connectivity index is 2.19. The average Bonchev–Trinajstić information content (AvgIpc) is 2.62. The van der Waals surface area contributed by atoms with Crippen molar-refractivity contribution in [2.75, 3.05) is 11.4 Å². The molecule has 1 saturated heterocycles. The van der Waals surface area contributed by atoms with Gasteiger partial charge in [-0.15, -0.1) is 0 Å². The molecule has 3 nitrogen and oxygen atoms in total. The number of rotatable bonds is 3. The summed E-state index contributed by atoms with van der Waals surface area (Å²) in [5.74, 6) is -1.30. The maximum atomic E-state index is 13.6. The summed E-state index contributed by atoms with van der Waals surface area (Å²) in [7, 11) is 0. The van der Waals surface area contributed by atoms with E-state index in [-0.39, 0.29) is 23.7 Å². The molecular formula is C13H16F2N2O. The Kier molecular flexibility index (Phi) is 3.61. The van der Waals surface area contributed by atoms with Crippen LogP contribution in [0.25, 0.3) is 0 Å². The SMILES string of the molecule is CC(C)NC1CC(=O)N(c2cc(F)ccc2F)C1. The molecular weight excluding hydrogens is 238 g/mol. The van der Waals surface area contributed by atoms with Gasteiger partial charge in [-0.05, 0) is 12.1 Å². The van der Waals surface area contributed by atoms with Crippen molar-refractivity contribution in [2.24, 2.45) is 0 Å². The lowest BCUT2D eigenvalue weighted by Gasteiger charge is -2.19. The van der Waals surface area contributed by atoms with Crippen LogP contribution in [0.2, 0.25) is 0 Å². The Hall–Kier alpha value is -1.49. The number of nitrogens with one attached hydrogen (secondary N) is 1. The molecule has 1 atom stereocenters. The first-order valence-electron chi connectivity index (χ1n) is 5.99. The standard InChI is InChI=1S/C13H16F2N2O/c1-8(2)16-10-6-13(18)17(7-10)12-5-9(14)3-4-11(12)15/h3-5,8,10,16H,6-7H2,1-2H3. The van der Waals surface area contributed by atoms with Crippen LogP contribution in [0.5, 0.6) is 0 Å². The van der Waals surface area contributed by atoms with E-state index in [9.17, 15) is 13.6 Å². The molecule has 1 aromatic carbocycles. The monoisotopic (exact) mass is 254 g/mol. The van der Waals surface area contributed by atoms with E-state index >= 15 is 0 Å². The first-order chi connectivity index (χ1) is 8.47. The lowest BCUT2D eigenvalue weighted by atomic mass is 10.2. The van der Waals surface area contributed by atoms with E-state index < -0.39 is 11.6 Å². The zero-order chi connectivity index (χ0) is 13.3. The van der Waals surface area contributed by atoms with Crippen LogP contribution in [0.3, 0.4) is 0 Å². The van der Waals surface area contributed by atoms with Gasteiger partial charge in [-0.1, -0.05) is 13.8 Å². The van der Waals surface area contributed by atoms with Crippen molar-refractivity contribution in [2.45, 2.75) is 32.4 Å². The Morgan fingerprint density at radius 1 is 1.39 bits per heavy atom. The molecule has 1 amide bonds. The molecule has 1 fully saturated rings. The quantitative estimate of drug-likeness (QED) is 0.895. The predicted molar refractivity (Wildman–Crippen MR) is 65.4 cm³/mol. The Morgan fingerprint density at radius 2 is 2.11 bits per heavy atom. The third-order valence-electron chi connectivity index (χ3n) is 2.89. The number of benzene rings is 1. The van der Waals surface area contributed by atoms with Crippen LogP contribution < -0.4 is 10.2 Å². The number of carbonyl (C=O) groups is 1. The number of hydrogen-bond acceptors (Lipinski definition) is 2. The first kappa shape index (κ1) is 13.0. The third-order valence-corrected chi connectivity index (χ3v) is 2.89. The second kappa shape index (κ2) is 5.02. The van der Waals surface area contributed by atoms with Crippen LogP contribution in [0, 0.1) is 11.6 Å². The molecule has 1 unspecified atom stereocenters. The van der Waals surface area contributed by atoms with E-state index in [1.54, 1.807) is 0 Å². The molecule has 1 aliphatic rings. The molecule has 1 heterocycles. The van der Waals surface area contributed by atoms with Gasteiger partial charge in [-0.25, -0.2) is 8.78 Å². The van der Waals surface area contributed by atoms with E-state index in [2.05, 4.69) is 5.32 Å². The van der Waals surface area contributed by atoms with Gasteiger partial charge in [0.15, 0.2) is 0 Å². The number of nitrogens with zero attached hydrogens (tertiary/aromatic N) is 1. The van der Waals surface area contributed by atoms with Gasteiger partial charge in [0, 0.05) is 31.1 Å². The Bertz CT molecular complexity index is 462. The Labute approximate surface area is 105 Å². The minimum Gasteiger partial charge on any atom is -0.309 e. The van der Waals surface area contributed by atoms with Gasteiger partial charge < -0.3 is 10.2 Å².